The Labute approximate surface area is 92.4 Å². The van der Waals surface area contributed by atoms with Crippen molar-refractivity contribution < 1.29 is 8.42 Å². The Kier molecular flexibility index (Phi) is 3.96. The summed E-state index contributed by atoms with van der Waals surface area (Å²) in [5.74, 6) is -0.196. The van der Waals surface area contributed by atoms with E-state index in [1.165, 1.54) is 0 Å². The summed E-state index contributed by atoms with van der Waals surface area (Å²) in [6.45, 7) is 0. The predicted octanol–water partition coefficient (Wildman–Crippen LogP) is 2.52. The molecule has 0 fully saturated rings. The zero-order chi connectivity index (χ0) is 11.3. The van der Waals surface area contributed by atoms with Crippen LogP contribution in [0.2, 0.25) is 5.02 Å². The minimum atomic E-state index is -3.66. The zero-order valence-corrected chi connectivity index (χ0v) is 9.24. The van der Waals surface area contributed by atoms with E-state index >= 15 is 0 Å². The van der Waals surface area contributed by atoms with E-state index in [-0.39, 0.29) is 5.75 Å². The number of hydrogen-bond acceptors (Lipinski definition) is 2. The highest BCUT2D eigenvalue weighted by Crippen LogP contribution is 2.10. The van der Waals surface area contributed by atoms with Crippen molar-refractivity contribution in [3.63, 3.8) is 0 Å². The number of rotatable bonds is 4. The van der Waals surface area contributed by atoms with Crippen molar-refractivity contribution in [2.45, 2.75) is 6.42 Å². The first-order valence-electron chi connectivity index (χ1n) is 4.07. The largest absolute Gasteiger partial charge is 0.235 e. The highest BCUT2D eigenvalue weighted by Gasteiger charge is 2.07. The molecule has 0 atom stereocenters. The third-order valence-electron chi connectivity index (χ3n) is 1.72. The van der Waals surface area contributed by atoms with Gasteiger partial charge in [0.05, 0.1) is 5.75 Å². The molecule has 0 N–H and O–H groups in total. The lowest BCUT2D eigenvalue weighted by molar-refractivity contribution is 0.596. The maximum atomic E-state index is 11.0. The highest BCUT2D eigenvalue weighted by atomic mass is 35.5. The fraction of sp³-hybridized carbons (Fsp3) is 0.250. The average Bonchev–Trinajstić information content (AvgIpc) is 2.17. The van der Waals surface area contributed by atoms with E-state index < -0.39 is 10.0 Å². The van der Waals surface area contributed by atoms with Crippen LogP contribution in [0.5, 0.6) is 0 Å². The molecule has 0 aromatic heterocycles. The van der Waals surface area contributed by atoms with Gasteiger partial charge in [-0.2, -0.15) is 0 Å². The summed E-state index contributed by atoms with van der Waals surface area (Å²) in [6.07, 6.45) is 0.304. The van der Waals surface area contributed by atoms with Gasteiger partial charge in [-0.1, -0.05) is 23.7 Å². The fourth-order valence-corrected chi connectivity index (χ4v) is 1.81. The van der Waals surface area contributed by atoms with Crippen LogP contribution in [0.3, 0.4) is 0 Å². The molecule has 0 spiro atoms. The second kappa shape index (κ2) is 5.02. The number of halogens is 1. The SMILES string of the molecule is [N-]=[N+]=NS(=O)(=O)CCc1ccc(Cl)cc1. The Hall–Kier alpha value is -1.23. The van der Waals surface area contributed by atoms with Crippen LogP contribution in [0.15, 0.2) is 28.8 Å². The summed E-state index contributed by atoms with van der Waals surface area (Å²) in [4.78, 5) is 2.25. The molecule has 0 aliphatic heterocycles. The van der Waals surface area contributed by atoms with Crippen LogP contribution < -0.4 is 0 Å². The van der Waals surface area contributed by atoms with Crippen LogP contribution in [0.4, 0.5) is 0 Å². The van der Waals surface area contributed by atoms with Crippen molar-refractivity contribution in [1.82, 2.24) is 0 Å². The van der Waals surface area contributed by atoms with E-state index in [1.54, 1.807) is 24.3 Å². The van der Waals surface area contributed by atoms with Crippen molar-refractivity contribution >= 4 is 21.6 Å². The zero-order valence-electron chi connectivity index (χ0n) is 7.67. The van der Waals surface area contributed by atoms with Gasteiger partial charge in [0.1, 0.15) is 0 Å². The molecular formula is C8H8ClN3O2S. The van der Waals surface area contributed by atoms with E-state index in [2.05, 4.69) is 9.43 Å². The minimum Gasteiger partial charge on any atom is -0.221 e. The monoisotopic (exact) mass is 245 g/mol. The van der Waals surface area contributed by atoms with Gasteiger partial charge < -0.3 is 0 Å². The van der Waals surface area contributed by atoms with Gasteiger partial charge in [0, 0.05) is 14.5 Å². The van der Waals surface area contributed by atoms with Gasteiger partial charge in [-0.15, -0.1) is 0 Å². The molecule has 1 rings (SSSR count). The molecule has 0 radical (unpaired) electrons. The second-order valence-electron chi connectivity index (χ2n) is 2.83. The molecule has 0 aliphatic rings. The molecule has 0 bridgehead atoms. The number of aryl methyl sites for hydroxylation is 1. The molecular weight excluding hydrogens is 238 g/mol. The molecule has 1 aromatic rings. The molecule has 7 heteroatoms. The van der Waals surface area contributed by atoms with Crippen LogP contribution in [-0.4, -0.2) is 14.2 Å². The Bertz CT molecular complexity index is 477. The summed E-state index contributed by atoms with van der Waals surface area (Å²) < 4.78 is 24.8. The lowest BCUT2D eigenvalue weighted by Crippen LogP contribution is -2.04. The van der Waals surface area contributed by atoms with Gasteiger partial charge in [-0.3, -0.25) is 0 Å². The number of benzene rings is 1. The van der Waals surface area contributed by atoms with Gasteiger partial charge in [0.15, 0.2) is 0 Å². The van der Waals surface area contributed by atoms with Crippen molar-refractivity contribution in [3.05, 3.63) is 45.3 Å². The smallest absolute Gasteiger partial charge is 0.221 e. The number of nitrogens with zero attached hydrogens (tertiary/aromatic N) is 3. The van der Waals surface area contributed by atoms with E-state index in [0.29, 0.717) is 11.4 Å². The highest BCUT2D eigenvalue weighted by molar-refractivity contribution is 7.89. The number of sulfonamides is 1. The first kappa shape index (κ1) is 11.8. The van der Waals surface area contributed by atoms with E-state index in [9.17, 15) is 8.42 Å². The van der Waals surface area contributed by atoms with Crippen molar-refractivity contribution in [3.8, 4) is 0 Å². The van der Waals surface area contributed by atoms with Gasteiger partial charge in [-0.25, -0.2) is 8.42 Å². The van der Waals surface area contributed by atoms with Gasteiger partial charge >= 0.3 is 0 Å². The van der Waals surface area contributed by atoms with Crippen LogP contribution >= 0.6 is 11.6 Å². The third-order valence-corrected chi connectivity index (χ3v) is 3.02. The van der Waals surface area contributed by atoms with Crippen LogP contribution in [-0.2, 0) is 16.4 Å². The van der Waals surface area contributed by atoms with Gasteiger partial charge in [0.25, 0.3) is 0 Å². The summed E-state index contributed by atoms with van der Waals surface area (Å²) in [5, 5.41) is 0.594. The second-order valence-corrected chi connectivity index (χ2v) is 5.01. The molecule has 0 amide bonds. The number of azide groups is 1. The Morgan fingerprint density at radius 2 is 1.93 bits per heavy atom. The number of hydrogen-bond donors (Lipinski definition) is 0. The van der Waals surface area contributed by atoms with Crippen LogP contribution in [0, 0.1) is 0 Å². The van der Waals surface area contributed by atoms with Crippen molar-refractivity contribution in [2.75, 3.05) is 5.75 Å². The summed E-state index contributed by atoms with van der Waals surface area (Å²) in [6, 6.07) is 6.82. The van der Waals surface area contributed by atoms with Crippen molar-refractivity contribution in [1.29, 1.82) is 0 Å². The molecule has 5 nitrogen and oxygen atoms in total. The summed E-state index contributed by atoms with van der Waals surface area (Å²) >= 11 is 5.67. The topological polar surface area (TPSA) is 82.9 Å². The van der Waals surface area contributed by atoms with E-state index in [1.807, 2.05) is 0 Å². The first-order valence-corrected chi connectivity index (χ1v) is 6.06. The molecule has 0 heterocycles. The standard InChI is InChI=1S/C8H8ClN3O2S/c9-8-3-1-7(2-4-8)5-6-15(13,14)12-11-10/h1-4H,5-6H2. The van der Waals surface area contributed by atoms with Gasteiger partial charge in [0.2, 0.25) is 10.0 Å². The maximum Gasteiger partial charge on any atom is 0.235 e. The van der Waals surface area contributed by atoms with Crippen LogP contribution in [0.25, 0.3) is 10.4 Å². The molecule has 0 unspecified atom stereocenters. The minimum absolute atomic E-state index is 0.196. The van der Waals surface area contributed by atoms with Crippen LogP contribution in [0.1, 0.15) is 5.56 Å². The lowest BCUT2D eigenvalue weighted by atomic mass is 10.2. The molecule has 0 saturated heterocycles. The van der Waals surface area contributed by atoms with E-state index in [4.69, 9.17) is 17.1 Å². The molecule has 0 aliphatic carbocycles. The third kappa shape index (κ3) is 4.20. The molecule has 0 saturated carbocycles. The molecule has 1 aromatic carbocycles. The maximum absolute atomic E-state index is 11.0. The predicted molar refractivity (Wildman–Crippen MR) is 58.1 cm³/mol. The fourth-order valence-electron chi connectivity index (χ4n) is 0.994. The van der Waals surface area contributed by atoms with E-state index in [0.717, 1.165) is 5.56 Å². The Morgan fingerprint density at radius 3 is 2.47 bits per heavy atom. The Balaban J connectivity index is 2.65. The summed E-state index contributed by atoms with van der Waals surface area (Å²) in [5.41, 5.74) is 8.83. The normalized spacial score (nSPS) is 10.7. The average molecular weight is 246 g/mol. The van der Waals surface area contributed by atoms with Crippen molar-refractivity contribution in [2.24, 2.45) is 4.52 Å². The quantitative estimate of drug-likeness (QED) is 0.464. The van der Waals surface area contributed by atoms with Gasteiger partial charge in [-0.05, 0) is 29.6 Å². The molecule has 15 heavy (non-hydrogen) atoms. The molecule has 80 valence electrons. The first-order chi connectivity index (χ1) is 7.03. The Morgan fingerprint density at radius 1 is 1.33 bits per heavy atom. The lowest BCUT2D eigenvalue weighted by Gasteiger charge is -1.99. The summed E-state index contributed by atoms with van der Waals surface area (Å²) in [7, 11) is -3.66.